The number of carbonyl (C=O) groups excluding carboxylic acids is 1. The van der Waals surface area contributed by atoms with E-state index in [1.807, 2.05) is 38.1 Å². The highest BCUT2D eigenvalue weighted by molar-refractivity contribution is 5.96. The van der Waals surface area contributed by atoms with Gasteiger partial charge in [-0.25, -0.2) is 9.59 Å². The van der Waals surface area contributed by atoms with Crippen molar-refractivity contribution in [1.82, 2.24) is 9.55 Å². The summed E-state index contributed by atoms with van der Waals surface area (Å²) < 4.78 is 6.64. The van der Waals surface area contributed by atoms with Crippen LogP contribution in [-0.2, 0) is 16.1 Å². The fraction of sp³-hybridized carbons (Fsp3) is 0.278. The van der Waals surface area contributed by atoms with E-state index >= 15 is 0 Å². The molecule has 128 valence electrons. The molecule has 0 amide bonds. The first-order chi connectivity index (χ1) is 12.0. The first-order valence-corrected chi connectivity index (χ1v) is 8.12. The quantitative estimate of drug-likeness (QED) is 0.803. The molecule has 0 spiro atoms. The fourth-order valence-corrected chi connectivity index (χ4v) is 3.48. The van der Waals surface area contributed by atoms with E-state index in [1.54, 1.807) is 0 Å². The largest absolute Gasteiger partial charge is 0.456 e. The standard InChI is InChI=1S/C18H17N3O4/c1-3-21-15-14(16(22)20-18(21)24)12(10-6-4-9(2)5-7-10)13-11(19-15)8-25-17(13)23/h4-7,12,19H,3,8H2,1-2H3,(H,20,22,24)/t12-/m0/s1. The number of carbonyl (C=O) groups is 1. The second kappa shape index (κ2) is 5.47. The van der Waals surface area contributed by atoms with Gasteiger partial charge in [-0.05, 0) is 19.4 Å². The number of benzene rings is 1. The molecule has 4 rings (SSSR count). The van der Waals surface area contributed by atoms with Gasteiger partial charge in [0, 0.05) is 6.54 Å². The minimum Gasteiger partial charge on any atom is -0.456 e. The fourth-order valence-electron chi connectivity index (χ4n) is 3.48. The van der Waals surface area contributed by atoms with Crippen LogP contribution < -0.4 is 16.6 Å². The zero-order chi connectivity index (χ0) is 17.7. The smallest absolute Gasteiger partial charge is 0.337 e. The van der Waals surface area contributed by atoms with Crippen LogP contribution in [0, 0.1) is 6.92 Å². The summed E-state index contributed by atoms with van der Waals surface area (Å²) in [5, 5.41) is 3.08. The van der Waals surface area contributed by atoms with Gasteiger partial charge in [0.15, 0.2) is 0 Å². The minimum atomic E-state index is -0.566. The normalized spacial score (nSPS) is 18.5. The molecule has 0 bridgehead atoms. The Balaban J connectivity index is 2.04. The summed E-state index contributed by atoms with van der Waals surface area (Å²) in [7, 11) is 0. The molecule has 0 radical (unpaired) electrons. The number of aryl methyl sites for hydroxylation is 1. The van der Waals surface area contributed by atoms with Crippen LogP contribution in [0.1, 0.15) is 29.5 Å². The van der Waals surface area contributed by atoms with E-state index in [4.69, 9.17) is 4.74 Å². The summed E-state index contributed by atoms with van der Waals surface area (Å²) in [4.78, 5) is 39.4. The third-order valence-electron chi connectivity index (χ3n) is 4.70. The zero-order valence-corrected chi connectivity index (χ0v) is 13.9. The Hall–Kier alpha value is -3.09. The third kappa shape index (κ3) is 2.23. The monoisotopic (exact) mass is 339 g/mol. The highest BCUT2D eigenvalue weighted by Crippen LogP contribution is 2.42. The highest BCUT2D eigenvalue weighted by atomic mass is 16.5. The van der Waals surface area contributed by atoms with Gasteiger partial charge in [-0.3, -0.25) is 14.3 Å². The molecule has 1 aromatic carbocycles. The third-order valence-corrected chi connectivity index (χ3v) is 4.70. The van der Waals surface area contributed by atoms with Crippen molar-refractivity contribution in [2.75, 3.05) is 11.9 Å². The number of hydrogen-bond acceptors (Lipinski definition) is 5. The molecule has 1 aromatic heterocycles. The van der Waals surface area contributed by atoms with Gasteiger partial charge in [0.25, 0.3) is 5.56 Å². The van der Waals surface area contributed by atoms with Crippen LogP contribution in [0.2, 0.25) is 0 Å². The average molecular weight is 339 g/mol. The number of hydrogen-bond donors (Lipinski definition) is 2. The number of fused-ring (bicyclic) bond motifs is 1. The maximum Gasteiger partial charge on any atom is 0.337 e. The van der Waals surface area contributed by atoms with E-state index in [9.17, 15) is 14.4 Å². The minimum absolute atomic E-state index is 0.112. The number of H-pyrrole nitrogens is 1. The summed E-state index contributed by atoms with van der Waals surface area (Å²) in [6, 6.07) is 7.65. The van der Waals surface area contributed by atoms with Crippen molar-refractivity contribution in [2.24, 2.45) is 0 Å². The predicted octanol–water partition coefficient (Wildman–Crippen LogP) is 1.23. The van der Waals surface area contributed by atoms with E-state index in [0.29, 0.717) is 29.2 Å². The maximum absolute atomic E-state index is 12.6. The van der Waals surface area contributed by atoms with Crippen molar-refractivity contribution in [3.8, 4) is 0 Å². The van der Waals surface area contributed by atoms with E-state index < -0.39 is 23.1 Å². The maximum atomic E-state index is 12.6. The number of cyclic esters (lactones) is 1. The molecule has 25 heavy (non-hydrogen) atoms. The predicted molar refractivity (Wildman–Crippen MR) is 91.6 cm³/mol. The van der Waals surface area contributed by atoms with Crippen molar-refractivity contribution in [1.29, 1.82) is 0 Å². The number of aromatic amines is 1. The number of rotatable bonds is 2. The van der Waals surface area contributed by atoms with Crippen molar-refractivity contribution < 1.29 is 9.53 Å². The molecular formula is C18H17N3O4. The Bertz CT molecular complexity index is 1030. The molecule has 3 heterocycles. The lowest BCUT2D eigenvalue weighted by atomic mass is 9.82. The first kappa shape index (κ1) is 15.4. The second-order valence-electron chi connectivity index (χ2n) is 6.20. The lowest BCUT2D eigenvalue weighted by Gasteiger charge is -2.28. The lowest BCUT2D eigenvalue weighted by Crippen LogP contribution is -2.38. The Kier molecular flexibility index (Phi) is 3.38. The summed E-state index contributed by atoms with van der Waals surface area (Å²) in [5.74, 6) is -0.574. The van der Waals surface area contributed by atoms with Crippen molar-refractivity contribution in [3.05, 3.63) is 73.1 Å². The SMILES string of the molecule is CCn1c2c(c(=O)[nH]c1=O)[C@@H](c1ccc(C)cc1)C1=C(COC1=O)N2. The number of anilines is 1. The van der Waals surface area contributed by atoms with Crippen LogP contribution in [0.5, 0.6) is 0 Å². The van der Waals surface area contributed by atoms with Crippen LogP contribution in [0.4, 0.5) is 5.82 Å². The van der Waals surface area contributed by atoms with Crippen LogP contribution in [0.15, 0.2) is 45.1 Å². The molecule has 7 heteroatoms. The second-order valence-corrected chi connectivity index (χ2v) is 6.20. The van der Waals surface area contributed by atoms with Gasteiger partial charge in [0.2, 0.25) is 0 Å². The molecule has 0 saturated heterocycles. The van der Waals surface area contributed by atoms with Crippen LogP contribution >= 0.6 is 0 Å². The molecule has 0 unspecified atom stereocenters. The van der Waals surface area contributed by atoms with Crippen LogP contribution in [0.25, 0.3) is 0 Å². The molecule has 2 aliphatic heterocycles. The first-order valence-electron chi connectivity index (χ1n) is 8.12. The Morgan fingerprint density at radius 1 is 1.20 bits per heavy atom. The van der Waals surface area contributed by atoms with E-state index in [2.05, 4.69) is 10.3 Å². The van der Waals surface area contributed by atoms with E-state index in [-0.39, 0.29) is 6.61 Å². The van der Waals surface area contributed by atoms with Crippen molar-refractivity contribution in [2.45, 2.75) is 26.3 Å². The highest BCUT2D eigenvalue weighted by Gasteiger charge is 2.41. The zero-order valence-electron chi connectivity index (χ0n) is 13.9. The Labute approximate surface area is 143 Å². The van der Waals surface area contributed by atoms with Gasteiger partial charge in [0.1, 0.15) is 12.4 Å². The van der Waals surface area contributed by atoms with Crippen molar-refractivity contribution in [3.63, 3.8) is 0 Å². The van der Waals surface area contributed by atoms with Crippen molar-refractivity contribution >= 4 is 11.8 Å². The van der Waals surface area contributed by atoms with E-state index in [1.165, 1.54) is 4.57 Å². The van der Waals surface area contributed by atoms with Crippen LogP contribution in [0.3, 0.4) is 0 Å². The lowest BCUT2D eigenvalue weighted by molar-refractivity contribution is -0.136. The summed E-state index contributed by atoms with van der Waals surface area (Å²) in [5.41, 5.74) is 2.33. The molecule has 0 fully saturated rings. The van der Waals surface area contributed by atoms with Gasteiger partial charge in [-0.1, -0.05) is 29.8 Å². The molecular weight excluding hydrogens is 322 g/mol. The summed E-state index contributed by atoms with van der Waals surface area (Å²) in [6.45, 7) is 4.29. The molecule has 1 atom stereocenters. The average Bonchev–Trinajstić information content (AvgIpc) is 2.95. The number of nitrogens with zero attached hydrogens (tertiary/aromatic N) is 1. The van der Waals surface area contributed by atoms with Gasteiger partial charge >= 0.3 is 11.7 Å². The summed E-state index contributed by atoms with van der Waals surface area (Å²) in [6.07, 6.45) is 0. The molecule has 7 nitrogen and oxygen atoms in total. The number of ether oxygens (including phenoxy) is 1. The molecule has 2 N–H and O–H groups in total. The molecule has 2 aliphatic rings. The van der Waals surface area contributed by atoms with Crippen LogP contribution in [-0.4, -0.2) is 22.1 Å². The van der Waals surface area contributed by atoms with Gasteiger partial charge in [-0.2, -0.15) is 0 Å². The molecule has 0 saturated carbocycles. The number of aromatic nitrogens is 2. The van der Waals surface area contributed by atoms with Gasteiger partial charge in [-0.15, -0.1) is 0 Å². The van der Waals surface area contributed by atoms with E-state index in [0.717, 1.165) is 11.1 Å². The number of esters is 1. The van der Waals surface area contributed by atoms with Gasteiger partial charge in [0.05, 0.1) is 22.8 Å². The molecule has 2 aromatic rings. The summed E-state index contributed by atoms with van der Waals surface area (Å²) >= 11 is 0. The Morgan fingerprint density at radius 3 is 2.60 bits per heavy atom. The topological polar surface area (TPSA) is 93.2 Å². The molecule has 0 aliphatic carbocycles. The van der Waals surface area contributed by atoms with Gasteiger partial charge < -0.3 is 10.1 Å². The Morgan fingerprint density at radius 2 is 1.92 bits per heavy atom. The number of nitrogens with one attached hydrogen (secondary N) is 2.